The van der Waals surface area contributed by atoms with Crippen LogP contribution in [0.25, 0.3) is 0 Å². The van der Waals surface area contributed by atoms with Gasteiger partial charge in [-0.15, -0.1) is 0 Å². The first-order valence-electron chi connectivity index (χ1n) is 5.37. The number of rotatable bonds is 5. The molecule has 0 aliphatic rings. The molecule has 0 aliphatic heterocycles. The molecular formula is C11H17N3O2. The maximum Gasteiger partial charge on any atom is 0.251 e. The van der Waals surface area contributed by atoms with Crippen LogP contribution in [-0.4, -0.2) is 23.5 Å². The number of nitrogens with one attached hydrogen (secondary N) is 2. The van der Waals surface area contributed by atoms with Crippen molar-refractivity contribution in [1.82, 2.24) is 10.3 Å². The second-order valence-corrected chi connectivity index (χ2v) is 3.60. The van der Waals surface area contributed by atoms with Crippen LogP contribution in [0.2, 0.25) is 0 Å². The standard InChI is InChI=1S/C11H17N3O2/c1-2-9(3-5-12)14-11(16)8-4-6-13-10(15)7-8/h4,6-7,9H,2-3,5,12H2,1H3,(H,13,15)(H,14,16). The van der Waals surface area contributed by atoms with Gasteiger partial charge >= 0.3 is 0 Å². The highest BCUT2D eigenvalue weighted by Crippen LogP contribution is 1.99. The van der Waals surface area contributed by atoms with E-state index < -0.39 is 0 Å². The molecule has 0 fully saturated rings. The van der Waals surface area contributed by atoms with E-state index in [1.807, 2.05) is 6.92 Å². The molecule has 1 unspecified atom stereocenters. The van der Waals surface area contributed by atoms with E-state index in [0.717, 1.165) is 12.8 Å². The average molecular weight is 223 g/mol. The van der Waals surface area contributed by atoms with Crippen LogP contribution < -0.4 is 16.6 Å². The Hall–Kier alpha value is -1.62. The summed E-state index contributed by atoms with van der Waals surface area (Å²) in [5, 5.41) is 2.84. The summed E-state index contributed by atoms with van der Waals surface area (Å²) in [7, 11) is 0. The summed E-state index contributed by atoms with van der Waals surface area (Å²) in [6.07, 6.45) is 3.03. The molecule has 5 heteroatoms. The molecule has 0 bridgehead atoms. The fourth-order valence-corrected chi connectivity index (χ4v) is 1.43. The van der Waals surface area contributed by atoms with E-state index >= 15 is 0 Å². The van der Waals surface area contributed by atoms with Crippen LogP contribution in [0.1, 0.15) is 30.1 Å². The summed E-state index contributed by atoms with van der Waals surface area (Å²) >= 11 is 0. The Morgan fingerprint density at radius 1 is 1.62 bits per heavy atom. The Labute approximate surface area is 94.1 Å². The lowest BCUT2D eigenvalue weighted by atomic mass is 10.1. The SMILES string of the molecule is CCC(CCN)NC(=O)c1cc[nH]c(=O)c1. The topological polar surface area (TPSA) is 88.0 Å². The van der Waals surface area contributed by atoms with E-state index in [9.17, 15) is 9.59 Å². The second kappa shape index (κ2) is 6.07. The number of hydrogen-bond acceptors (Lipinski definition) is 3. The molecule has 88 valence electrons. The van der Waals surface area contributed by atoms with Crippen molar-refractivity contribution in [3.8, 4) is 0 Å². The number of H-pyrrole nitrogens is 1. The second-order valence-electron chi connectivity index (χ2n) is 3.60. The average Bonchev–Trinajstić information content (AvgIpc) is 2.28. The third-order valence-corrected chi connectivity index (χ3v) is 2.38. The molecule has 0 spiro atoms. The molecule has 0 saturated carbocycles. The zero-order chi connectivity index (χ0) is 12.0. The van der Waals surface area contributed by atoms with E-state index in [-0.39, 0.29) is 17.5 Å². The largest absolute Gasteiger partial charge is 0.349 e. The van der Waals surface area contributed by atoms with Gasteiger partial charge in [-0.2, -0.15) is 0 Å². The molecule has 1 amide bonds. The molecule has 1 atom stereocenters. The van der Waals surface area contributed by atoms with Crippen LogP contribution in [0.15, 0.2) is 23.1 Å². The number of amides is 1. The molecule has 0 saturated heterocycles. The molecule has 0 radical (unpaired) electrons. The van der Waals surface area contributed by atoms with Gasteiger partial charge in [-0.25, -0.2) is 0 Å². The van der Waals surface area contributed by atoms with E-state index in [4.69, 9.17) is 5.73 Å². The van der Waals surface area contributed by atoms with Gasteiger partial charge in [0.15, 0.2) is 0 Å². The fraction of sp³-hybridized carbons (Fsp3) is 0.455. The lowest BCUT2D eigenvalue weighted by molar-refractivity contribution is 0.0934. The van der Waals surface area contributed by atoms with Crippen molar-refractivity contribution in [2.75, 3.05) is 6.54 Å². The van der Waals surface area contributed by atoms with Crippen LogP contribution >= 0.6 is 0 Å². The van der Waals surface area contributed by atoms with Gasteiger partial charge in [0.25, 0.3) is 5.91 Å². The molecule has 16 heavy (non-hydrogen) atoms. The monoisotopic (exact) mass is 223 g/mol. The lowest BCUT2D eigenvalue weighted by Crippen LogP contribution is -2.36. The van der Waals surface area contributed by atoms with Crippen molar-refractivity contribution >= 4 is 5.91 Å². The molecule has 1 rings (SSSR count). The predicted octanol–water partition coefficient (Wildman–Crippen LogP) is 0.232. The zero-order valence-corrected chi connectivity index (χ0v) is 9.32. The number of aromatic nitrogens is 1. The van der Waals surface area contributed by atoms with Gasteiger partial charge in [0.05, 0.1) is 0 Å². The van der Waals surface area contributed by atoms with Crippen molar-refractivity contribution in [3.63, 3.8) is 0 Å². The van der Waals surface area contributed by atoms with Crippen LogP contribution in [0.4, 0.5) is 0 Å². The highest BCUT2D eigenvalue weighted by Gasteiger charge is 2.11. The quantitative estimate of drug-likeness (QED) is 0.667. The Balaban J connectivity index is 2.67. The summed E-state index contributed by atoms with van der Waals surface area (Å²) in [4.78, 5) is 25.2. The zero-order valence-electron chi connectivity index (χ0n) is 9.32. The fourth-order valence-electron chi connectivity index (χ4n) is 1.43. The molecule has 5 nitrogen and oxygen atoms in total. The molecule has 1 aromatic heterocycles. The van der Waals surface area contributed by atoms with Gasteiger partial charge in [0.2, 0.25) is 5.56 Å². The van der Waals surface area contributed by atoms with Crippen molar-refractivity contribution in [3.05, 3.63) is 34.2 Å². The number of hydrogen-bond donors (Lipinski definition) is 3. The van der Waals surface area contributed by atoms with Crippen LogP contribution in [0.3, 0.4) is 0 Å². The summed E-state index contributed by atoms with van der Waals surface area (Å²) in [6, 6.07) is 2.92. The Morgan fingerprint density at radius 2 is 2.38 bits per heavy atom. The van der Waals surface area contributed by atoms with Gasteiger partial charge in [0.1, 0.15) is 0 Å². The third kappa shape index (κ3) is 3.51. The van der Waals surface area contributed by atoms with Gasteiger partial charge in [-0.05, 0) is 25.5 Å². The Kier molecular flexibility index (Phi) is 4.72. The lowest BCUT2D eigenvalue weighted by Gasteiger charge is -2.15. The summed E-state index contributed by atoms with van der Waals surface area (Å²) in [6.45, 7) is 2.52. The molecule has 1 aromatic rings. The molecule has 0 aliphatic carbocycles. The Morgan fingerprint density at radius 3 is 2.94 bits per heavy atom. The molecule has 4 N–H and O–H groups in total. The van der Waals surface area contributed by atoms with Crippen molar-refractivity contribution in [2.24, 2.45) is 5.73 Å². The first kappa shape index (κ1) is 12.4. The van der Waals surface area contributed by atoms with Crippen LogP contribution in [0, 0.1) is 0 Å². The number of carbonyl (C=O) groups excluding carboxylic acids is 1. The minimum absolute atomic E-state index is 0.0665. The van der Waals surface area contributed by atoms with E-state index in [2.05, 4.69) is 10.3 Å². The van der Waals surface area contributed by atoms with Crippen LogP contribution in [0.5, 0.6) is 0 Å². The number of pyridine rings is 1. The van der Waals surface area contributed by atoms with Gasteiger partial charge in [0, 0.05) is 23.9 Å². The van der Waals surface area contributed by atoms with Gasteiger partial charge < -0.3 is 16.0 Å². The molecule has 0 aromatic carbocycles. The maximum absolute atomic E-state index is 11.7. The first-order valence-corrected chi connectivity index (χ1v) is 5.37. The van der Waals surface area contributed by atoms with E-state index in [1.165, 1.54) is 12.3 Å². The number of nitrogens with two attached hydrogens (primary N) is 1. The Bertz CT molecular complexity index is 400. The number of aromatic amines is 1. The first-order chi connectivity index (χ1) is 7.67. The smallest absolute Gasteiger partial charge is 0.251 e. The summed E-state index contributed by atoms with van der Waals surface area (Å²) in [5.41, 5.74) is 5.53. The summed E-state index contributed by atoms with van der Waals surface area (Å²) in [5.74, 6) is -0.230. The van der Waals surface area contributed by atoms with E-state index in [1.54, 1.807) is 6.07 Å². The van der Waals surface area contributed by atoms with Gasteiger partial charge in [-0.1, -0.05) is 6.92 Å². The van der Waals surface area contributed by atoms with Crippen molar-refractivity contribution in [1.29, 1.82) is 0 Å². The highest BCUT2D eigenvalue weighted by molar-refractivity contribution is 5.94. The van der Waals surface area contributed by atoms with Crippen molar-refractivity contribution < 1.29 is 4.79 Å². The van der Waals surface area contributed by atoms with E-state index in [0.29, 0.717) is 12.1 Å². The normalized spacial score (nSPS) is 12.1. The van der Waals surface area contributed by atoms with Crippen molar-refractivity contribution in [2.45, 2.75) is 25.8 Å². The number of carbonyl (C=O) groups is 1. The third-order valence-electron chi connectivity index (χ3n) is 2.38. The maximum atomic E-state index is 11.7. The minimum Gasteiger partial charge on any atom is -0.349 e. The summed E-state index contributed by atoms with van der Waals surface area (Å²) < 4.78 is 0. The minimum atomic E-state index is -0.278. The van der Waals surface area contributed by atoms with Crippen LogP contribution in [-0.2, 0) is 0 Å². The molecular weight excluding hydrogens is 206 g/mol. The highest BCUT2D eigenvalue weighted by atomic mass is 16.2. The molecule has 1 heterocycles. The van der Waals surface area contributed by atoms with Gasteiger partial charge in [-0.3, -0.25) is 9.59 Å². The predicted molar refractivity (Wildman–Crippen MR) is 62.3 cm³/mol.